The highest BCUT2D eigenvalue weighted by atomic mass is 35.5. The van der Waals surface area contributed by atoms with Crippen molar-refractivity contribution in [2.24, 2.45) is 0 Å². The Morgan fingerprint density at radius 3 is 1.52 bits per heavy atom. The molecule has 13 nitrogen and oxygen atoms in total. The Morgan fingerprint density at radius 1 is 0.788 bits per heavy atom. The highest BCUT2D eigenvalue weighted by molar-refractivity contribution is 7.62. The molecule has 0 spiro atoms. The summed E-state index contributed by atoms with van der Waals surface area (Å²) >= 11 is 28.4. The van der Waals surface area contributed by atoms with Gasteiger partial charge in [-0.1, -0.05) is 0 Å². The molecule has 0 bridgehead atoms. The van der Waals surface area contributed by atoms with Gasteiger partial charge >= 0.3 is 15.2 Å². The number of aliphatic hydroxyl groups is 2. The number of hydrogen-bond donors (Lipinski definition) is 2. The van der Waals surface area contributed by atoms with Crippen LogP contribution in [0.3, 0.4) is 0 Å². The van der Waals surface area contributed by atoms with Crippen molar-refractivity contribution < 1.29 is 47.5 Å². The van der Waals surface area contributed by atoms with Gasteiger partial charge in [0, 0.05) is 11.8 Å². The number of aliphatic hydroxyl groups excluding tert-OH is 2. The molecule has 0 aliphatic carbocycles. The van der Waals surface area contributed by atoms with Crippen LogP contribution in [0.4, 0.5) is 0 Å². The summed E-state index contributed by atoms with van der Waals surface area (Å²) in [5, 5.41) is 15.6. The first-order chi connectivity index (χ1) is 15.6. The summed E-state index contributed by atoms with van der Waals surface area (Å²) in [4.78, 5) is 20.5. The van der Waals surface area contributed by atoms with E-state index < -0.39 is 68.8 Å². The summed E-state index contributed by atoms with van der Waals surface area (Å²) in [6, 6.07) is 0. The van der Waals surface area contributed by atoms with E-state index in [4.69, 9.17) is 96.4 Å². The minimum atomic E-state index is -4.55. The second kappa shape index (κ2) is 16.4. The van der Waals surface area contributed by atoms with Gasteiger partial charge in [0.05, 0.1) is 50.4 Å². The number of halogens is 5. The Labute approximate surface area is 213 Å². The van der Waals surface area contributed by atoms with Gasteiger partial charge in [0.25, 0.3) is 11.1 Å². The van der Waals surface area contributed by atoms with Gasteiger partial charge in [0.1, 0.15) is 0 Å². The Balaban J connectivity index is 3.37. The van der Waals surface area contributed by atoms with Crippen molar-refractivity contribution in [3.63, 3.8) is 0 Å². The second-order valence-corrected chi connectivity index (χ2v) is 11.5. The first-order valence-electron chi connectivity index (χ1n) is 8.80. The van der Waals surface area contributed by atoms with Crippen LogP contribution in [0.15, 0.2) is 0 Å². The van der Waals surface area contributed by atoms with E-state index in [-0.39, 0.29) is 25.0 Å². The molecule has 0 saturated heterocycles. The lowest BCUT2D eigenvalue weighted by Crippen LogP contribution is -2.31. The highest BCUT2D eigenvalue weighted by Crippen LogP contribution is 2.49. The van der Waals surface area contributed by atoms with E-state index in [1.165, 1.54) is 0 Å². The SMILES string of the molecule is O=P(OCC(Cl)CO)(OOCCCl)c1nc(Cl)nc(P(=O)(OCC(Cl)CO)OOCCCl)n1. The third-order valence-electron chi connectivity index (χ3n) is 2.94. The molecule has 0 aromatic carbocycles. The number of hydrogen-bond acceptors (Lipinski definition) is 13. The molecule has 1 heterocycles. The van der Waals surface area contributed by atoms with Crippen molar-refractivity contribution in [3.05, 3.63) is 5.28 Å². The van der Waals surface area contributed by atoms with Crippen molar-refractivity contribution in [1.82, 2.24) is 15.0 Å². The van der Waals surface area contributed by atoms with E-state index in [1.54, 1.807) is 0 Å². The topological polar surface area (TPSA) is 169 Å². The molecule has 0 saturated carbocycles. The molecule has 192 valence electrons. The predicted octanol–water partition coefficient (Wildman–Crippen LogP) is 1.77. The molecule has 0 amide bonds. The molecule has 33 heavy (non-hydrogen) atoms. The zero-order chi connectivity index (χ0) is 24.9. The van der Waals surface area contributed by atoms with Gasteiger partial charge in [0.15, 0.2) is 0 Å². The first kappa shape index (κ1) is 31.6. The van der Waals surface area contributed by atoms with Crippen LogP contribution in [0, 0.1) is 0 Å². The monoisotopic (exact) mass is 615 g/mol. The van der Waals surface area contributed by atoms with E-state index in [1.807, 2.05) is 0 Å². The molecule has 0 aliphatic rings. The summed E-state index contributed by atoms with van der Waals surface area (Å²) in [6.45, 7) is -2.45. The van der Waals surface area contributed by atoms with Crippen LogP contribution in [-0.2, 0) is 37.3 Å². The average molecular weight is 618 g/mol. The largest absolute Gasteiger partial charge is 0.425 e. The van der Waals surface area contributed by atoms with Crippen molar-refractivity contribution in [3.8, 4) is 0 Å². The van der Waals surface area contributed by atoms with Crippen LogP contribution in [-0.4, -0.2) is 87.3 Å². The maximum Gasteiger partial charge on any atom is 0.425 e. The van der Waals surface area contributed by atoms with Crippen molar-refractivity contribution in [2.75, 3.05) is 51.4 Å². The lowest BCUT2D eigenvalue weighted by molar-refractivity contribution is -0.208. The highest BCUT2D eigenvalue weighted by Gasteiger charge is 2.40. The van der Waals surface area contributed by atoms with Crippen LogP contribution in [0.25, 0.3) is 0 Å². The minimum Gasteiger partial charge on any atom is -0.395 e. The quantitative estimate of drug-likeness (QED) is 0.0805. The molecule has 1 rings (SSSR count). The summed E-state index contributed by atoms with van der Waals surface area (Å²) in [5.74, 6) is -0.0611. The fraction of sp³-hybridized carbons (Fsp3) is 0.769. The fourth-order valence-corrected chi connectivity index (χ4v) is 4.82. The molecule has 0 fully saturated rings. The standard InChI is InChI=1S/C13H20Cl5N3O10P2/c14-1-3-26-30-32(24,28-7-9(16)5-22)12-19-11(18)20-13(21-12)33(25,31-27-4-2-15)29-8-10(17)6-23/h9-10,22-23H,1-8H2. The van der Waals surface area contributed by atoms with E-state index in [0.717, 1.165) is 0 Å². The first-order valence-corrected chi connectivity index (χ1v) is 14.2. The zero-order valence-corrected chi connectivity index (χ0v) is 22.2. The smallest absolute Gasteiger partial charge is 0.395 e. The summed E-state index contributed by atoms with van der Waals surface area (Å²) < 4.78 is 46.5. The molecule has 2 N–H and O–H groups in total. The van der Waals surface area contributed by atoms with Crippen molar-refractivity contribution >= 4 is 84.3 Å². The Bertz CT molecular complexity index is 756. The van der Waals surface area contributed by atoms with Gasteiger partial charge in [-0.05, 0) is 11.6 Å². The Hall–Kier alpha value is 0.600. The third kappa shape index (κ3) is 11.0. The van der Waals surface area contributed by atoms with Crippen molar-refractivity contribution in [2.45, 2.75) is 10.8 Å². The van der Waals surface area contributed by atoms with Gasteiger partial charge in [-0.2, -0.15) is 15.0 Å². The van der Waals surface area contributed by atoms with Crippen LogP contribution < -0.4 is 11.1 Å². The number of alkyl halides is 4. The minimum absolute atomic E-state index is 0.0305. The third-order valence-corrected chi connectivity index (χ3v) is 6.91. The lowest BCUT2D eigenvalue weighted by atomic mass is 10.5. The van der Waals surface area contributed by atoms with Crippen LogP contribution >= 0.6 is 73.2 Å². The maximum absolute atomic E-state index is 13.3. The molecule has 4 atom stereocenters. The molecular weight excluding hydrogens is 597 g/mol. The molecule has 20 heteroatoms. The second-order valence-electron chi connectivity index (χ2n) is 5.52. The van der Waals surface area contributed by atoms with Crippen molar-refractivity contribution in [1.29, 1.82) is 0 Å². The normalized spacial score (nSPS) is 17.3. The number of rotatable bonds is 18. The molecule has 0 aliphatic heterocycles. The maximum atomic E-state index is 13.3. The lowest BCUT2D eigenvalue weighted by Gasteiger charge is -2.19. The molecular formula is C13H20Cl5N3O10P2. The molecule has 0 radical (unpaired) electrons. The zero-order valence-electron chi connectivity index (χ0n) is 16.6. The van der Waals surface area contributed by atoms with Crippen LogP contribution in [0.2, 0.25) is 5.28 Å². The number of aromatic nitrogens is 3. The average Bonchev–Trinajstić information content (AvgIpc) is 2.80. The van der Waals surface area contributed by atoms with E-state index in [2.05, 4.69) is 15.0 Å². The molecule has 4 unspecified atom stereocenters. The summed E-state index contributed by atoms with van der Waals surface area (Å²) in [7, 11) is -9.10. The Morgan fingerprint density at radius 2 is 1.18 bits per heavy atom. The van der Waals surface area contributed by atoms with E-state index in [0.29, 0.717) is 0 Å². The van der Waals surface area contributed by atoms with Crippen LogP contribution in [0.5, 0.6) is 0 Å². The molecule has 1 aromatic heterocycles. The van der Waals surface area contributed by atoms with Crippen LogP contribution in [0.1, 0.15) is 0 Å². The van der Waals surface area contributed by atoms with Gasteiger partial charge in [0.2, 0.25) is 5.28 Å². The van der Waals surface area contributed by atoms with Gasteiger partial charge < -0.3 is 10.2 Å². The van der Waals surface area contributed by atoms with Gasteiger partial charge in [-0.15, -0.1) is 55.8 Å². The van der Waals surface area contributed by atoms with E-state index in [9.17, 15) is 9.13 Å². The Kier molecular flexibility index (Phi) is 15.7. The summed E-state index contributed by atoms with van der Waals surface area (Å²) in [5.41, 5.74) is -1.52. The molecule has 1 aromatic rings. The summed E-state index contributed by atoms with van der Waals surface area (Å²) in [6.07, 6.45) is 0. The fourth-order valence-electron chi connectivity index (χ4n) is 1.54. The number of nitrogens with zero attached hydrogens (tertiary/aromatic N) is 3. The predicted molar refractivity (Wildman–Crippen MR) is 120 cm³/mol. The van der Waals surface area contributed by atoms with Gasteiger partial charge in [-0.3, -0.25) is 9.05 Å². The van der Waals surface area contributed by atoms with Gasteiger partial charge in [-0.25, -0.2) is 18.9 Å². The van der Waals surface area contributed by atoms with E-state index >= 15 is 0 Å².